The van der Waals surface area contributed by atoms with Gasteiger partial charge in [0.2, 0.25) is 0 Å². The highest BCUT2D eigenvalue weighted by atomic mass is 19.3. The van der Waals surface area contributed by atoms with Crippen LogP contribution < -0.4 is 5.73 Å². The van der Waals surface area contributed by atoms with Crippen LogP contribution in [-0.2, 0) is 0 Å². The van der Waals surface area contributed by atoms with Gasteiger partial charge in [-0.25, -0.2) is 8.78 Å². The van der Waals surface area contributed by atoms with Crippen LogP contribution in [0.3, 0.4) is 0 Å². The fourth-order valence-electron chi connectivity index (χ4n) is 0.103. The molecule has 2 N–H and O–H groups in total. The summed E-state index contributed by atoms with van der Waals surface area (Å²) in [5.41, 5.74) is 4.75. The Kier molecular flexibility index (Phi) is 2.52. The first-order valence-electron chi connectivity index (χ1n) is 1.84. The molecule has 0 aromatic heterocycles. The minimum absolute atomic E-state index is 1.02. The van der Waals surface area contributed by atoms with Crippen molar-refractivity contribution in [3.63, 3.8) is 0 Å². The average molecular weight is 107 g/mol. The topological polar surface area (TPSA) is 26.0 Å². The predicted molar refractivity (Wildman–Crippen MR) is 24.2 cm³/mol. The molecule has 0 rings (SSSR count). The van der Waals surface area contributed by atoms with Crippen molar-refractivity contribution in [1.29, 1.82) is 0 Å². The van der Waals surface area contributed by atoms with E-state index in [2.05, 4.69) is 6.58 Å². The van der Waals surface area contributed by atoms with Gasteiger partial charge in [-0.05, 0) is 0 Å². The van der Waals surface area contributed by atoms with Gasteiger partial charge in [-0.3, -0.25) is 0 Å². The van der Waals surface area contributed by atoms with E-state index in [-0.39, 0.29) is 0 Å². The third kappa shape index (κ3) is 2.28. The van der Waals surface area contributed by atoms with Crippen molar-refractivity contribution in [3.8, 4) is 0 Å². The molecular formula is C4H7F2N. The molecule has 1 atom stereocenters. The molecule has 0 saturated heterocycles. The van der Waals surface area contributed by atoms with Crippen LogP contribution in [0.15, 0.2) is 12.7 Å². The van der Waals surface area contributed by atoms with Crippen LogP contribution in [0.25, 0.3) is 0 Å². The highest BCUT2D eigenvalue weighted by Gasteiger charge is 2.08. The van der Waals surface area contributed by atoms with Crippen LogP contribution in [0.4, 0.5) is 8.78 Å². The number of halogens is 2. The number of hydrogen-bond donors (Lipinski definition) is 1. The second-order valence-corrected chi connectivity index (χ2v) is 1.15. The summed E-state index contributed by atoms with van der Waals surface area (Å²) < 4.78 is 22.5. The number of nitrogens with two attached hydrogens (primary N) is 1. The van der Waals surface area contributed by atoms with E-state index in [1.54, 1.807) is 0 Å². The van der Waals surface area contributed by atoms with Gasteiger partial charge in [0, 0.05) is 0 Å². The Hall–Kier alpha value is -0.440. The Labute approximate surface area is 40.8 Å². The van der Waals surface area contributed by atoms with Gasteiger partial charge in [0.25, 0.3) is 6.43 Å². The van der Waals surface area contributed by atoms with Crippen LogP contribution in [0.5, 0.6) is 0 Å². The maximum Gasteiger partial charge on any atom is 0.256 e. The minimum atomic E-state index is -2.47. The lowest BCUT2D eigenvalue weighted by atomic mass is 10.3. The molecule has 1 nitrogen and oxygen atoms in total. The predicted octanol–water partition coefficient (Wildman–Crippen LogP) is 0.765. The highest BCUT2D eigenvalue weighted by Crippen LogP contribution is 1.96. The van der Waals surface area contributed by atoms with Gasteiger partial charge in [0.05, 0.1) is 6.04 Å². The first-order chi connectivity index (χ1) is 3.18. The number of alkyl halides is 2. The summed E-state index contributed by atoms with van der Waals surface area (Å²) in [6.45, 7) is 3.08. The molecule has 7 heavy (non-hydrogen) atoms. The molecule has 0 aromatic rings. The van der Waals surface area contributed by atoms with Gasteiger partial charge in [-0.15, -0.1) is 6.58 Å². The Morgan fingerprint density at radius 2 is 2.00 bits per heavy atom. The van der Waals surface area contributed by atoms with Gasteiger partial charge in [-0.1, -0.05) is 6.08 Å². The van der Waals surface area contributed by atoms with Crippen molar-refractivity contribution < 1.29 is 8.78 Å². The summed E-state index contributed by atoms with van der Waals surface area (Å²) in [5, 5.41) is 0. The lowest BCUT2D eigenvalue weighted by Crippen LogP contribution is -2.25. The van der Waals surface area contributed by atoms with Gasteiger partial charge in [0.1, 0.15) is 0 Å². The average Bonchev–Trinajstić information content (AvgIpc) is 1.65. The second kappa shape index (κ2) is 2.69. The zero-order valence-corrected chi connectivity index (χ0v) is 3.77. The van der Waals surface area contributed by atoms with Crippen LogP contribution in [-0.4, -0.2) is 12.5 Å². The summed E-state index contributed by atoms with van der Waals surface area (Å²) >= 11 is 0. The zero-order chi connectivity index (χ0) is 5.86. The Morgan fingerprint density at radius 1 is 1.57 bits per heavy atom. The second-order valence-electron chi connectivity index (χ2n) is 1.15. The molecule has 0 amide bonds. The van der Waals surface area contributed by atoms with Gasteiger partial charge < -0.3 is 5.73 Å². The van der Waals surface area contributed by atoms with Crippen LogP contribution in [0.1, 0.15) is 0 Å². The maximum atomic E-state index is 11.2. The van der Waals surface area contributed by atoms with E-state index in [0.717, 1.165) is 6.08 Å². The summed E-state index contributed by atoms with van der Waals surface area (Å²) in [5.74, 6) is 0. The van der Waals surface area contributed by atoms with E-state index in [9.17, 15) is 8.78 Å². The van der Waals surface area contributed by atoms with Crippen molar-refractivity contribution >= 4 is 0 Å². The first kappa shape index (κ1) is 6.56. The van der Waals surface area contributed by atoms with E-state index in [1.165, 1.54) is 0 Å². The van der Waals surface area contributed by atoms with E-state index >= 15 is 0 Å². The molecule has 0 saturated carbocycles. The van der Waals surface area contributed by atoms with Gasteiger partial charge in [-0.2, -0.15) is 0 Å². The van der Waals surface area contributed by atoms with Gasteiger partial charge in [0.15, 0.2) is 0 Å². The standard InChI is InChI=1S/C4H7F2N/c1-2-3(7)4(5)6/h2-4H,1,7H2. The van der Waals surface area contributed by atoms with Crippen molar-refractivity contribution in [1.82, 2.24) is 0 Å². The van der Waals surface area contributed by atoms with Crippen molar-refractivity contribution in [3.05, 3.63) is 12.7 Å². The Bertz CT molecular complexity index is 62.7. The van der Waals surface area contributed by atoms with E-state index < -0.39 is 12.5 Å². The molecular weight excluding hydrogens is 100 g/mol. The molecule has 1 unspecified atom stereocenters. The van der Waals surface area contributed by atoms with E-state index in [0.29, 0.717) is 0 Å². The summed E-state index contributed by atoms with van der Waals surface area (Å²) in [4.78, 5) is 0. The Morgan fingerprint density at radius 3 is 2.00 bits per heavy atom. The molecule has 0 aliphatic rings. The van der Waals surface area contributed by atoms with Crippen molar-refractivity contribution in [2.45, 2.75) is 12.5 Å². The molecule has 0 spiro atoms. The number of rotatable bonds is 2. The molecule has 3 heteroatoms. The number of hydrogen-bond acceptors (Lipinski definition) is 1. The summed E-state index contributed by atoms with van der Waals surface area (Å²) in [6.07, 6.45) is -1.46. The highest BCUT2D eigenvalue weighted by molar-refractivity contribution is 4.83. The molecule has 0 bridgehead atoms. The molecule has 0 heterocycles. The lowest BCUT2D eigenvalue weighted by molar-refractivity contribution is 0.133. The summed E-state index contributed by atoms with van der Waals surface area (Å²) in [6, 6.07) is -1.17. The van der Waals surface area contributed by atoms with Crippen LogP contribution in [0.2, 0.25) is 0 Å². The van der Waals surface area contributed by atoms with E-state index in [4.69, 9.17) is 5.73 Å². The molecule has 42 valence electrons. The van der Waals surface area contributed by atoms with Crippen molar-refractivity contribution in [2.75, 3.05) is 0 Å². The fraction of sp³-hybridized carbons (Fsp3) is 0.500. The SMILES string of the molecule is C=CC(N)C(F)F. The first-order valence-corrected chi connectivity index (χ1v) is 1.84. The monoisotopic (exact) mass is 107 g/mol. The molecule has 0 aliphatic heterocycles. The molecule has 0 aromatic carbocycles. The van der Waals surface area contributed by atoms with Crippen molar-refractivity contribution in [2.24, 2.45) is 5.73 Å². The summed E-state index contributed by atoms with van der Waals surface area (Å²) in [7, 11) is 0. The smallest absolute Gasteiger partial charge is 0.256 e. The molecule has 0 radical (unpaired) electrons. The van der Waals surface area contributed by atoms with Crippen LogP contribution >= 0.6 is 0 Å². The Balaban J connectivity index is 3.33. The van der Waals surface area contributed by atoms with E-state index in [1.807, 2.05) is 0 Å². The minimum Gasteiger partial charge on any atom is -0.320 e. The third-order valence-electron chi connectivity index (χ3n) is 0.563. The molecule has 0 fully saturated rings. The normalized spacial score (nSPS) is 14.3. The quantitative estimate of drug-likeness (QED) is 0.518. The van der Waals surface area contributed by atoms with Gasteiger partial charge >= 0.3 is 0 Å². The molecule has 0 aliphatic carbocycles. The zero-order valence-electron chi connectivity index (χ0n) is 3.77. The fourth-order valence-corrected chi connectivity index (χ4v) is 0.103. The lowest BCUT2D eigenvalue weighted by Gasteiger charge is -1.99. The maximum absolute atomic E-state index is 11.2. The third-order valence-corrected chi connectivity index (χ3v) is 0.563. The van der Waals surface area contributed by atoms with Crippen LogP contribution in [0, 0.1) is 0 Å². The largest absolute Gasteiger partial charge is 0.320 e.